The van der Waals surface area contributed by atoms with Crippen molar-refractivity contribution < 1.29 is 13.7 Å². The number of hydrogen-bond acceptors (Lipinski definition) is 7. The van der Waals surface area contributed by atoms with Gasteiger partial charge in [0.15, 0.2) is 5.65 Å². The molecule has 1 saturated heterocycles. The molecule has 0 bridgehead atoms. The van der Waals surface area contributed by atoms with Crippen molar-refractivity contribution in [2.24, 2.45) is 0 Å². The highest BCUT2D eigenvalue weighted by molar-refractivity contribution is 7.83. The summed E-state index contributed by atoms with van der Waals surface area (Å²) in [6.07, 6.45) is 4.51. The summed E-state index contributed by atoms with van der Waals surface area (Å²) in [5, 5.41) is 5.60. The van der Waals surface area contributed by atoms with Gasteiger partial charge in [0.2, 0.25) is 5.91 Å². The maximum atomic E-state index is 12.7. The molecular weight excluding hydrogens is 502 g/mol. The fraction of sp³-hybridized carbons (Fsp3) is 0.259. The Morgan fingerprint density at radius 2 is 2.08 bits per heavy atom. The van der Waals surface area contributed by atoms with Crippen LogP contribution in [-0.4, -0.2) is 55.0 Å². The third-order valence-electron chi connectivity index (χ3n) is 6.64. The van der Waals surface area contributed by atoms with E-state index < -0.39 is 11.0 Å². The van der Waals surface area contributed by atoms with E-state index in [1.54, 1.807) is 24.1 Å². The average Bonchev–Trinajstić information content (AvgIpc) is 3.37. The maximum absolute atomic E-state index is 12.7. The molecule has 0 spiro atoms. The molecule has 196 valence electrons. The molecule has 0 saturated carbocycles. The summed E-state index contributed by atoms with van der Waals surface area (Å²) < 4.78 is 22.8. The Morgan fingerprint density at radius 1 is 1.26 bits per heavy atom. The molecule has 11 heteroatoms. The average molecular weight is 532 g/mol. The largest absolute Gasteiger partial charge is 0.497 e. The molecule has 4 aromatic rings. The third-order valence-corrected chi connectivity index (χ3v) is 7.73. The first kappa shape index (κ1) is 25.6. The molecule has 1 amide bonds. The topological polar surface area (TPSA) is 128 Å². The van der Waals surface area contributed by atoms with Crippen molar-refractivity contribution in [1.29, 1.82) is 0 Å². The van der Waals surface area contributed by atoms with Gasteiger partial charge in [-0.1, -0.05) is 36.9 Å². The van der Waals surface area contributed by atoms with Crippen molar-refractivity contribution in [3.8, 4) is 17.0 Å². The Bertz CT molecular complexity index is 1500. The molecule has 1 aliphatic heterocycles. The van der Waals surface area contributed by atoms with E-state index >= 15 is 0 Å². The lowest BCUT2D eigenvalue weighted by atomic mass is 10.1. The minimum Gasteiger partial charge on any atom is -0.497 e. The van der Waals surface area contributed by atoms with Gasteiger partial charge >= 0.3 is 0 Å². The van der Waals surface area contributed by atoms with Crippen LogP contribution >= 0.6 is 0 Å². The number of carbonyl (C=O) groups is 1. The number of likely N-dealkylation sites (tertiary alicyclic amines) is 1. The van der Waals surface area contributed by atoms with Gasteiger partial charge in [-0.2, -0.15) is 5.10 Å². The minimum atomic E-state index is -1.38. The second kappa shape index (κ2) is 11.1. The molecule has 5 rings (SSSR count). The summed E-state index contributed by atoms with van der Waals surface area (Å²) in [5.74, 6) is 0.924. The first-order valence-electron chi connectivity index (χ1n) is 12.3. The van der Waals surface area contributed by atoms with Gasteiger partial charge in [0.05, 0.1) is 23.4 Å². The Kier molecular flexibility index (Phi) is 7.47. The zero-order valence-electron chi connectivity index (χ0n) is 21.0. The van der Waals surface area contributed by atoms with Crippen LogP contribution in [0, 0.1) is 0 Å². The number of fused-ring (bicyclic) bond motifs is 1. The summed E-state index contributed by atoms with van der Waals surface area (Å²) >= 11 is 0. The first-order chi connectivity index (χ1) is 18.5. The molecule has 3 heterocycles. The Morgan fingerprint density at radius 3 is 2.84 bits per heavy atom. The van der Waals surface area contributed by atoms with Crippen LogP contribution in [0.2, 0.25) is 0 Å². The highest BCUT2D eigenvalue weighted by Gasteiger charge is 2.28. The van der Waals surface area contributed by atoms with E-state index in [4.69, 9.17) is 15.6 Å². The molecule has 3 N–H and O–H groups in total. The van der Waals surface area contributed by atoms with Gasteiger partial charge < -0.3 is 15.4 Å². The number of carbonyl (C=O) groups excluding carboxylic acids is 1. The van der Waals surface area contributed by atoms with Crippen molar-refractivity contribution in [2.75, 3.05) is 25.9 Å². The molecule has 0 aliphatic carbocycles. The highest BCUT2D eigenvalue weighted by Crippen LogP contribution is 2.34. The van der Waals surface area contributed by atoms with E-state index in [1.165, 1.54) is 12.4 Å². The van der Waals surface area contributed by atoms with E-state index in [2.05, 4.69) is 21.3 Å². The zero-order chi connectivity index (χ0) is 26.6. The summed E-state index contributed by atoms with van der Waals surface area (Å²) in [5.41, 5.74) is 9.44. The number of aromatic nitrogens is 4. The lowest BCUT2D eigenvalue weighted by Gasteiger charge is -2.32. The molecule has 2 aromatic heterocycles. The molecule has 2 unspecified atom stereocenters. The molecule has 2 atom stereocenters. The number of nitrogens with zero attached hydrogens (tertiary/aromatic N) is 5. The molecule has 2 aromatic carbocycles. The number of ether oxygens (including phenoxy) is 1. The van der Waals surface area contributed by atoms with Crippen LogP contribution in [0.25, 0.3) is 22.3 Å². The normalized spacial score (nSPS) is 16.3. The van der Waals surface area contributed by atoms with E-state index in [1.807, 2.05) is 41.1 Å². The van der Waals surface area contributed by atoms with Gasteiger partial charge in [-0.25, -0.2) is 23.6 Å². The van der Waals surface area contributed by atoms with E-state index in [9.17, 15) is 9.00 Å². The predicted molar refractivity (Wildman–Crippen MR) is 146 cm³/mol. The number of methoxy groups -OCH3 is 1. The molecule has 1 aliphatic rings. The van der Waals surface area contributed by atoms with E-state index in [0.29, 0.717) is 52.8 Å². The van der Waals surface area contributed by atoms with Gasteiger partial charge in [-0.15, -0.1) is 0 Å². The summed E-state index contributed by atoms with van der Waals surface area (Å²) in [6, 6.07) is 15.0. The number of hydrogen-bond donors (Lipinski definition) is 2. The lowest BCUT2D eigenvalue weighted by molar-refractivity contribution is -0.127. The van der Waals surface area contributed by atoms with Crippen molar-refractivity contribution in [1.82, 2.24) is 29.4 Å². The van der Waals surface area contributed by atoms with Crippen molar-refractivity contribution in [3.63, 3.8) is 0 Å². The fourth-order valence-corrected chi connectivity index (χ4v) is 5.55. The van der Waals surface area contributed by atoms with E-state index in [-0.39, 0.29) is 11.9 Å². The van der Waals surface area contributed by atoms with Gasteiger partial charge in [0.1, 0.15) is 34.6 Å². The smallest absolute Gasteiger partial charge is 0.246 e. The summed E-state index contributed by atoms with van der Waals surface area (Å²) in [6.45, 7) is 5.26. The van der Waals surface area contributed by atoms with Crippen LogP contribution in [0.5, 0.6) is 5.75 Å². The number of amides is 1. The molecule has 0 radical (unpaired) electrons. The third kappa shape index (κ3) is 5.15. The Balaban J connectivity index is 1.38. The molecular formula is C27H29N7O3S. The lowest BCUT2D eigenvalue weighted by Crippen LogP contribution is -2.40. The number of anilines is 1. The monoisotopic (exact) mass is 531 g/mol. The second-order valence-electron chi connectivity index (χ2n) is 9.00. The van der Waals surface area contributed by atoms with Crippen LogP contribution in [0.4, 0.5) is 5.82 Å². The Labute approximate surface area is 223 Å². The summed E-state index contributed by atoms with van der Waals surface area (Å²) in [4.78, 5) is 23.4. The van der Waals surface area contributed by atoms with Crippen LogP contribution in [0.1, 0.15) is 24.4 Å². The number of rotatable bonds is 8. The van der Waals surface area contributed by atoms with Crippen molar-refractivity contribution in [2.45, 2.75) is 30.3 Å². The number of piperidine rings is 1. The quantitative estimate of drug-likeness (QED) is 0.334. The van der Waals surface area contributed by atoms with Crippen molar-refractivity contribution >= 4 is 33.7 Å². The number of nitrogens with two attached hydrogens (primary N) is 1. The van der Waals surface area contributed by atoms with Crippen LogP contribution in [-0.2, 0) is 22.3 Å². The van der Waals surface area contributed by atoms with Gasteiger partial charge in [0.25, 0.3) is 0 Å². The molecule has 10 nitrogen and oxygen atoms in total. The second-order valence-corrected chi connectivity index (χ2v) is 10.3. The van der Waals surface area contributed by atoms with E-state index in [0.717, 1.165) is 24.0 Å². The summed E-state index contributed by atoms with van der Waals surface area (Å²) in [7, 11) is 0.201. The van der Waals surface area contributed by atoms with Crippen LogP contribution in [0.15, 0.2) is 72.4 Å². The van der Waals surface area contributed by atoms with Gasteiger partial charge in [-0.3, -0.25) is 4.79 Å². The molecule has 38 heavy (non-hydrogen) atoms. The van der Waals surface area contributed by atoms with Gasteiger partial charge in [-0.05, 0) is 42.7 Å². The SMILES string of the molecule is C=CC(=O)N1CCCC(n2nc(-c3ccc(CNS(=O)c4cccc(OC)c4)cc3)c3c(N)ncnc32)C1. The number of nitrogen functional groups attached to an aromatic ring is 1. The zero-order valence-corrected chi connectivity index (χ0v) is 21.9. The number of nitrogens with one attached hydrogen (secondary N) is 1. The fourth-order valence-electron chi connectivity index (χ4n) is 4.66. The van der Waals surface area contributed by atoms with Crippen molar-refractivity contribution in [3.05, 3.63) is 73.1 Å². The highest BCUT2D eigenvalue weighted by atomic mass is 32.2. The predicted octanol–water partition coefficient (Wildman–Crippen LogP) is 3.25. The Hall–Kier alpha value is -4.09. The number of benzene rings is 2. The maximum Gasteiger partial charge on any atom is 0.246 e. The minimum absolute atomic E-state index is 0.0340. The van der Waals surface area contributed by atoms with Crippen LogP contribution in [0.3, 0.4) is 0 Å². The van der Waals surface area contributed by atoms with Crippen LogP contribution < -0.4 is 15.2 Å². The molecule has 1 fully saturated rings. The van der Waals surface area contributed by atoms with Gasteiger partial charge in [0, 0.05) is 25.2 Å². The first-order valence-corrected chi connectivity index (χ1v) is 13.4. The standard InChI is InChI=1S/C27H29N7O3S/c1-3-23(35)33-13-5-6-20(16-33)34-27-24(26(28)29-17-30-27)25(32-34)19-11-9-18(10-12-19)15-31-38(36)22-8-4-7-21(14-22)37-2/h3-4,7-12,14,17,20,31H,1,5-6,13,15-16H2,2H3,(H2,28,29,30).